The van der Waals surface area contributed by atoms with Gasteiger partial charge >= 0.3 is 0 Å². The number of rotatable bonds is 5. The fraction of sp³-hybridized carbons (Fsp3) is 0.267. The van der Waals surface area contributed by atoms with E-state index in [9.17, 15) is 13.6 Å². The minimum atomic E-state index is -3.02. The van der Waals surface area contributed by atoms with Crippen LogP contribution in [-0.4, -0.2) is 15.9 Å². The first-order valence-corrected chi connectivity index (χ1v) is 6.77. The van der Waals surface area contributed by atoms with Gasteiger partial charge in [0.2, 0.25) is 11.9 Å². The van der Waals surface area contributed by atoms with Gasteiger partial charge in [-0.05, 0) is 30.3 Å². The number of carbonyl (C=O) groups is 1. The van der Waals surface area contributed by atoms with Crippen LogP contribution >= 0.6 is 0 Å². The van der Waals surface area contributed by atoms with Gasteiger partial charge in [-0.1, -0.05) is 6.92 Å². The Morgan fingerprint density at radius 3 is 2.41 bits per heavy atom. The number of nitrogens with zero attached hydrogens (tertiary/aromatic N) is 2. The summed E-state index contributed by atoms with van der Waals surface area (Å²) in [6.07, 6.45) is 1.67. The Labute approximate surface area is 126 Å². The Bertz CT molecular complexity index is 653. The van der Waals surface area contributed by atoms with Crippen LogP contribution in [0.1, 0.15) is 26.0 Å². The summed E-state index contributed by atoms with van der Waals surface area (Å²) in [4.78, 5) is 19.0. The number of hydrogen-bond donors (Lipinski definition) is 2. The minimum Gasteiger partial charge on any atom is -0.326 e. The van der Waals surface area contributed by atoms with Gasteiger partial charge < -0.3 is 10.6 Å². The third-order valence-corrected chi connectivity index (χ3v) is 2.85. The van der Waals surface area contributed by atoms with Crippen molar-refractivity contribution in [3.63, 3.8) is 0 Å². The molecule has 0 atom stereocenters. The van der Waals surface area contributed by atoms with Gasteiger partial charge in [0.15, 0.2) is 0 Å². The molecule has 2 N–H and O–H groups in total. The number of nitrogens with one attached hydrogen (secondary N) is 2. The normalized spacial score (nSPS) is 11.1. The molecule has 22 heavy (non-hydrogen) atoms. The zero-order valence-electron chi connectivity index (χ0n) is 12.2. The van der Waals surface area contributed by atoms with E-state index in [4.69, 9.17) is 0 Å². The molecule has 0 aliphatic carbocycles. The van der Waals surface area contributed by atoms with Crippen molar-refractivity contribution < 1.29 is 13.6 Å². The van der Waals surface area contributed by atoms with E-state index in [1.165, 1.54) is 12.3 Å². The lowest BCUT2D eigenvalue weighted by Gasteiger charge is -2.11. The van der Waals surface area contributed by atoms with E-state index in [0.717, 1.165) is 6.92 Å². The predicted molar refractivity (Wildman–Crippen MR) is 80.2 cm³/mol. The van der Waals surface area contributed by atoms with Crippen molar-refractivity contribution in [3.8, 4) is 0 Å². The van der Waals surface area contributed by atoms with Gasteiger partial charge in [-0.25, -0.2) is 9.97 Å². The van der Waals surface area contributed by atoms with E-state index in [1.54, 1.807) is 31.2 Å². The summed E-state index contributed by atoms with van der Waals surface area (Å²) in [5.41, 5.74) is 0.940. The summed E-state index contributed by atoms with van der Waals surface area (Å²) in [5, 5.41) is 5.56. The molecule has 0 saturated carbocycles. The molecule has 0 spiro atoms. The second-order valence-electron chi connectivity index (χ2n) is 4.76. The van der Waals surface area contributed by atoms with Gasteiger partial charge in [0, 0.05) is 30.9 Å². The molecule has 0 aliphatic heterocycles. The molecule has 0 saturated heterocycles. The first kappa shape index (κ1) is 15.8. The average molecular weight is 306 g/mol. The third-order valence-electron chi connectivity index (χ3n) is 2.85. The summed E-state index contributed by atoms with van der Waals surface area (Å²) >= 11 is 0. The number of amides is 1. The van der Waals surface area contributed by atoms with Crippen LogP contribution in [0.2, 0.25) is 0 Å². The van der Waals surface area contributed by atoms with Crippen LogP contribution in [0.15, 0.2) is 36.5 Å². The van der Waals surface area contributed by atoms with Crippen molar-refractivity contribution in [2.75, 3.05) is 10.6 Å². The summed E-state index contributed by atoms with van der Waals surface area (Å²) in [6, 6.07) is 7.98. The summed E-state index contributed by atoms with van der Waals surface area (Å²) < 4.78 is 26.4. The molecule has 7 heteroatoms. The van der Waals surface area contributed by atoms with Crippen molar-refractivity contribution >= 4 is 23.2 Å². The molecule has 116 valence electrons. The highest BCUT2D eigenvalue weighted by Crippen LogP contribution is 2.25. The maximum atomic E-state index is 13.2. The molecule has 0 bridgehead atoms. The molecule has 1 aromatic carbocycles. The maximum absolute atomic E-state index is 13.2. The van der Waals surface area contributed by atoms with E-state index in [-0.39, 0.29) is 17.5 Å². The van der Waals surface area contributed by atoms with Gasteiger partial charge in [0.1, 0.15) is 5.69 Å². The number of halogens is 2. The lowest BCUT2D eigenvalue weighted by atomic mass is 10.2. The molecule has 1 aromatic heterocycles. The number of anilines is 3. The van der Waals surface area contributed by atoms with Crippen molar-refractivity contribution in [2.24, 2.45) is 0 Å². The van der Waals surface area contributed by atoms with Gasteiger partial charge in [-0.3, -0.25) is 4.79 Å². The first-order chi connectivity index (χ1) is 10.4. The standard InChI is InChI=1S/C15H16F2N4O/c1-3-13(22)19-10-4-6-11(7-5-10)20-14-18-9-8-12(21-14)15(2,16)17/h4-9H,3H2,1-2H3,(H,19,22)(H,18,20,21). The molecule has 1 heterocycles. The second-order valence-corrected chi connectivity index (χ2v) is 4.76. The highest BCUT2D eigenvalue weighted by molar-refractivity contribution is 5.90. The molecular weight excluding hydrogens is 290 g/mol. The zero-order valence-corrected chi connectivity index (χ0v) is 12.2. The lowest BCUT2D eigenvalue weighted by molar-refractivity contribution is -0.115. The van der Waals surface area contributed by atoms with Crippen LogP contribution in [0.3, 0.4) is 0 Å². The highest BCUT2D eigenvalue weighted by Gasteiger charge is 2.26. The molecule has 0 aliphatic rings. The Balaban J connectivity index is 2.09. The second kappa shape index (κ2) is 6.46. The van der Waals surface area contributed by atoms with E-state index >= 15 is 0 Å². The molecule has 0 radical (unpaired) electrons. The van der Waals surface area contributed by atoms with Crippen LogP contribution in [0.25, 0.3) is 0 Å². The number of hydrogen-bond acceptors (Lipinski definition) is 4. The molecule has 0 unspecified atom stereocenters. The van der Waals surface area contributed by atoms with Crippen LogP contribution in [0, 0.1) is 0 Å². The third kappa shape index (κ3) is 4.21. The van der Waals surface area contributed by atoms with E-state index in [0.29, 0.717) is 17.8 Å². The number of alkyl halides is 2. The highest BCUT2D eigenvalue weighted by atomic mass is 19.3. The SMILES string of the molecule is CCC(=O)Nc1ccc(Nc2nccc(C(C)(F)F)n2)cc1. The van der Waals surface area contributed by atoms with E-state index in [1.807, 2.05) is 0 Å². The zero-order chi connectivity index (χ0) is 16.2. The maximum Gasteiger partial charge on any atom is 0.287 e. The van der Waals surface area contributed by atoms with Crippen molar-refractivity contribution in [2.45, 2.75) is 26.2 Å². The number of carbonyl (C=O) groups excluding carboxylic acids is 1. The smallest absolute Gasteiger partial charge is 0.287 e. The number of benzene rings is 1. The quantitative estimate of drug-likeness (QED) is 0.884. The Kier molecular flexibility index (Phi) is 4.65. The van der Waals surface area contributed by atoms with Crippen LogP contribution < -0.4 is 10.6 Å². The molecule has 0 fully saturated rings. The van der Waals surface area contributed by atoms with Crippen LogP contribution in [0.4, 0.5) is 26.1 Å². The minimum absolute atomic E-state index is 0.0816. The van der Waals surface area contributed by atoms with Gasteiger partial charge in [-0.15, -0.1) is 0 Å². The number of aromatic nitrogens is 2. The fourth-order valence-electron chi connectivity index (χ4n) is 1.68. The molecular formula is C15H16F2N4O. The van der Waals surface area contributed by atoms with Gasteiger partial charge in [-0.2, -0.15) is 8.78 Å². The summed E-state index contributed by atoms with van der Waals surface area (Å²) in [5.74, 6) is -3.01. The van der Waals surface area contributed by atoms with Gasteiger partial charge in [0.25, 0.3) is 5.92 Å². The van der Waals surface area contributed by atoms with Crippen molar-refractivity contribution in [1.82, 2.24) is 9.97 Å². The van der Waals surface area contributed by atoms with E-state index in [2.05, 4.69) is 20.6 Å². The molecule has 1 amide bonds. The fourth-order valence-corrected chi connectivity index (χ4v) is 1.68. The van der Waals surface area contributed by atoms with Crippen molar-refractivity contribution in [1.29, 1.82) is 0 Å². The Morgan fingerprint density at radius 1 is 1.18 bits per heavy atom. The lowest BCUT2D eigenvalue weighted by Crippen LogP contribution is -2.11. The topological polar surface area (TPSA) is 66.9 Å². The molecule has 2 rings (SSSR count). The average Bonchev–Trinajstić information content (AvgIpc) is 2.48. The van der Waals surface area contributed by atoms with Crippen molar-refractivity contribution in [3.05, 3.63) is 42.2 Å². The Morgan fingerprint density at radius 2 is 1.82 bits per heavy atom. The largest absolute Gasteiger partial charge is 0.326 e. The predicted octanol–water partition coefficient (Wildman–Crippen LogP) is 3.68. The first-order valence-electron chi connectivity index (χ1n) is 6.77. The van der Waals surface area contributed by atoms with Crippen LogP contribution in [-0.2, 0) is 10.7 Å². The Hall–Kier alpha value is -2.57. The summed E-state index contributed by atoms with van der Waals surface area (Å²) in [7, 11) is 0. The molecule has 5 nitrogen and oxygen atoms in total. The van der Waals surface area contributed by atoms with Gasteiger partial charge in [0.05, 0.1) is 0 Å². The summed E-state index contributed by atoms with van der Waals surface area (Å²) in [6.45, 7) is 2.55. The monoisotopic (exact) mass is 306 g/mol. The van der Waals surface area contributed by atoms with Crippen LogP contribution in [0.5, 0.6) is 0 Å². The molecule has 2 aromatic rings. The van der Waals surface area contributed by atoms with E-state index < -0.39 is 5.92 Å².